The molecule has 0 bridgehead atoms. The molecule has 0 amide bonds. The Balaban J connectivity index is 1.95. The molecular weight excluding hydrogens is 403 g/mol. The second-order valence-corrected chi connectivity index (χ2v) is 6.88. The molecule has 4 aromatic rings. The molecule has 4 rings (SSSR count). The number of esters is 1. The number of pyridine rings is 1. The van der Waals surface area contributed by atoms with Crippen molar-refractivity contribution in [1.29, 1.82) is 0 Å². The molecule has 0 saturated carbocycles. The first-order chi connectivity index (χ1) is 13.4. The van der Waals surface area contributed by atoms with Crippen molar-refractivity contribution in [3.63, 3.8) is 0 Å². The van der Waals surface area contributed by atoms with Gasteiger partial charge in [0.05, 0.1) is 38.9 Å². The zero-order valence-corrected chi connectivity index (χ0v) is 16.5. The van der Waals surface area contributed by atoms with E-state index in [-0.39, 0.29) is 17.7 Å². The van der Waals surface area contributed by atoms with E-state index in [1.807, 2.05) is 0 Å². The van der Waals surface area contributed by atoms with Gasteiger partial charge in [-0.1, -0.05) is 23.2 Å². The number of hydrogen-bond donors (Lipinski definition) is 0. The van der Waals surface area contributed by atoms with E-state index < -0.39 is 5.97 Å². The van der Waals surface area contributed by atoms with Crippen LogP contribution in [-0.2, 0) is 4.74 Å². The van der Waals surface area contributed by atoms with Crippen LogP contribution in [0.4, 0.5) is 0 Å². The first kappa shape index (κ1) is 18.5. The highest BCUT2D eigenvalue weighted by Crippen LogP contribution is 2.25. The maximum absolute atomic E-state index is 13.0. The number of aromatic nitrogens is 4. The van der Waals surface area contributed by atoms with Crippen LogP contribution in [-0.4, -0.2) is 31.7 Å². The zero-order chi connectivity index (χ0) is 20.0. The fourth-order valence-electron chi connectivity index (χ4n) is 3.06. The van der Waals surface area contributed by atoms with Crippen LogP contribution in [0.2, 0.25) is 10.0 Å². The number of aryl methyl sites for hydroxylation is 1. The quantitative estimate of drug-likeness (QED) is 0.474. The van der Waals surface area contributed by atoms with Crippen molar-refractivity contribution in [3.05, 3.63) is 68.3 Å². The standard InChI is InChI=1S/C19H14Cl2N4O3/c1-3-28-19(27)16-10(2)23-25-15-6-7-24(11-4-5-13(20)14(21)8-11)18(26)12(15)9-22-17(16)25/h4-9H,3H2,1-2H3. The van der Waals surface area contributed by atoms with Gasteiger partial charge in [-0.15, -0.1) is 0 Å². The molecule has 3 heterocycles. The van der Waals surface area contributed by atoms with E-state index in [1.54, 1.807) is 44.3 Å². The highest BCUT2D eigenvalue weighted by atomic mass is 35.5. The summed E-state index contributed by atoms with van der Waals surface area (Å²) in [6.07, 6.45) is 3.05. The van der Waals surface area contributed by atoms with Gasteiger partial charge in [0.25, 0.3) is 5.56 Å². The Kier molecular flexibility index (Phi) is 4.56. The third-order valence-corrected chi connectivity index (χ3v) is 5.09. The number of halogens is 2. The molecule has 28 heavy (non-hydrogen) atoms. The molecule has 0 saturated heterocycles. The van der Waals surface area contributed by atoms with Gasteiger partial charge in [0.2, 0.25) is 0 Å². The second kappa shape index (κ2) is 6.92. The van der Waals surface area contributed by atoms with Crippen LogP contribution < -0.4 is 5.56 Å². The lowest BCUT2D eigenvalue weighted by atomic mass is 10.2. The molecule has 0 unspecified atom stereocenters. The minimum Gasteiger partial charge on any atom is -0.462 e. The lowest BCUT2D eigenvalue weighted by Gasteiger charge is -2.09. The summed E-state index contributed by atoms with van der Waals surface area (Å²) in [7, 11) is 0. The van der Waals surface area contributed by atoms with E-state index in [9.17, 15) is 9.59 Å². The van der Waals surface area contributed by atoms with Gasteiger partial charge in [0, 0.05) is 12.4 Å². The van der Waals surface area contributed by atoms with Gasteiger partial charge < -0.3 is 4.74 Å². The zero-order valence-electron chi connectivity index (χ0n) is 14.9. The van der Waals surface area contributed by atoms with Crippen molar-refractivity contribution in [1.82, 2.24) is 19.2 Å². The normalized spacial score (nSPS) is 11.3. The topological polar surface area (TPSA) is 78.5 Å². The fraction of sp³-hybridized carbons (Fsp3) is 0.158. The van der Waals surface area contributed by atoms with Crippen molar-refractivity contribution in [2.45, 2.75) is 13.8 Å². The molecule has 0 N–H and O–H groups in total. The number of rotatable bonds is 3. The van der Waals surface area contributed by atoms with E-state index in [0.717, 1.165) is 0 Å². The molecule has 1 aromatic carbocycles. The summed E-state index contributed by atoms with van der Waals surface area (Å²) >= 11 is 12.0. The molecular formula is C19H14Cl2N4O3. The summed E-state index contributed by atoms with van der Waals surface area (Å²) in [5, 5.41) is 5.48. The second-order valence-electron chi connectivity index (χ2n) is 6.06. The maximum atomic E-state index is 13.0. The smallest absolute Gasteiger partial charge is 0.343 e. The van der Waals surface area contributed by atoms with Gasteiger partial charge in [-0.2, -0.15) is 5.10 Å². The van der Waals surface area contributed by atoms with Crippen molar-refractivity contribution in [3.8, 4) is 5.69 Å². The third-order valence-electron chi connectivity index (χ3n) is 4.35. The molecule has 3 aromatic heterocycles. The Morgan fingerprint density at radius 2 is 2.00 bits per heavy atom. The van der Waals surface area contributed by atoms with Gasteiger partial charge >= 0.3 is 5.97 Å². The highest BCUT2D eigenvalue weighted by molar-refractivity contribution is 6.42. The third kappa shape index (κ3) is 2.83. The van der Waals surface area contributed by atoms with E-state index in [2.05, 4.69) is 10.1 Å². The van der Waals surface area contributed by atoms with Crippen LogP contribution in [0.3, 0.4) is 0 Å². The summed E-state index contributed by atoms with van der Waals surface area (Å²) < 4.78 is 8.02. The molecule has 0 spiro atoms. The van der Waals surface area contributed by atoms with Gasteiger partial charge in [-0.05, 0) is 38.1 Å². The Morgan fingerprint density at radius 1 is 1.21 bits per heavy atom. The average molecular weight is 417 g/mol. The van der Waals surface area contributed by atoms with Crippen LogP contribution >= 0.6 is 23.2 Å². The van der Waals surface area contributed by atoms with Crippen LogP contribution in [0.5, 0.6) is 0 Å². The van der Waals surface area contributed by atoms with E-state index in [0.29, 0.717) is 38.0 Å². The predicted molar refractivity (Wildman–Crippen MR) is 107 cm³/mol. The monoisotopic (exact) mass is 416 g/mol. The van der Waals surface area contributed by atoms with Crippen molar-refractivity contribution < 1.29 is 9.53 Å². The molecule has 0 atom stereocenters. The number of ether oxygens (including phenoxy) is 1. The Bertz CT molecular complexity index is 1310. The van der Waals surface area contributed by atoms with Gasteiger partial charge in [0.15, 0.2) is 5.65 Å². The lowest BCUT2D eigenvalue weighted by Crippen LogP contribution is -2.19. The van der Waals surface area contributed by atoms with Crippen LogP contribution in [0, 0.1) is 6.92 Å². The number of carbonyl (C=O) groups is 1. The minimum absolute atomic E-state index is 0.248. The highest BCUT2D eigenvalue weighted by Gasteiger charge is 2.21. The molecule has 0 aliphatic heterocycles. The van der Waals surface area contributed by atoms with Crippen molar-refractivity contribution in [2.24, 2.45) is 0 Å². The maximum Gasteiger partial charge on any atom is 0.343 e. The van der Waals surface area contributed by atoms with Crippen LogP contribution in [0.25, 0.3) is 22.2 Å². The van der Waals surface area contributed by atoms with E-state index in [1.165, 1.54) is 15.3 Å². The Hall–Kier alpha value is -2.90. The summed E-state index contributed by atoms with van der Waals surface area (Å²) in [6.45, 7) is 3.68. The number of carbonyl (C=O) groups excluding carboxylic acids is 1. The summed E-state index contributed by atoms with van der Waals surface area (Å²) in [4.78, 5) is 29.5. The predicted octanol–water partition coefficient (Wildman–Crippen LogP) is 3.83. The molecule has 7 nitrogen and oxygen atoms in total. The van der Waals surface area contributed by atoms with E-state index in [4.69, 9.17) is 27.9 Å². The van der Waals surface area contributed by atoms with Crippen molar-refractivity contribution >= 4 is 45.7 Å². The number of fused-ring (bicyclic) bond motifs is 3. The van der Waals surface area contributed by atoms with Gasteiger partial charge in [0.1, 0.15) is 5.56 Å². The van der Waals surface area contributed by atoms with Crippen LogP contribution in [0.1, 0.15) is 23.0 Å². The van der Waals surface area contributed by atoms with Gasteiger partial charge in [-0.3, -0.25) is 9.36 Å². The Morgan fingerprint density at radius 3 is 2.71 bits per heavy atom. The first-order valence-electron chi connectivity index (χ1n) is 8.44. The molecule has 0 aliphatic rings. The lowest BCUT2D eigenvalue weighted by molar-refractivity contribution is 0.0527. The number of benzene rings is 1. The molecule has 0 fully saturated rings. The summed E-state index contributed by atoms with van der Waals surface area (Å²) in [6, 6.07) is 6.67. The Labute approximate surface area is 169 Å². The summed E-state index contributed by atoms with van der Waals surface area (Å²) in [5.74, 6) is -0.494. The number of nitrogens with zero attached hydrogens (tertiary/aromatic N) is 4. The minimum atomic E-state index is -0.494. The van der Waals surface area contributed by atoms with Gasteiger partial charge in [-0.25, -0.2) is 14.3 Å². The molecule has 9 heteroatoms. The van der Waals surface area contributed by atoms with E-state index >= 15 is 0 Å². The fourth-order valence-corrected chi connectivity index (χ4v) is 3.35. The molecule has 0 aliphatic carbocycles. The molecule has 142 valence electrons. The average Bonchev–Trinajstić information content (AvgIpc) is 3.01. The SMILES string of the molecule is CCOC(=O)c1c(C)nn2c1ncc1c(=O)n(-c3ccc(Cl)c(Cl)c3)ccc12. The first-order valence-corrected chi connectivity index (χ1v) is 9.20. The van der Waals surface area contributed by atoms with Crippen LogP contribution in [0.15, 0.2) is 41.5 Å². The number of hydrogen-bond acceptors (Lipinski definition) is 5. The summed E-state index contributed by atoms with van der Waals surface area (Å²) in [5.41, 5.74) is 1.92. The molecule has 0 radical (unpaired) electrons. The van der Waals surface area contributed by atoms with Crippen molar-refractivity contribution in [2.75, 3.05) is 6.61 Å². The largest absolute Gasteiger partial charge is 0.462 e.